The van der Waals surface area contributed by atoms with Gasteiger partial charge in [-0.3, -0.25) is 0 Å². The molecular weight excluding hydrogens is 176 g/mol. The normalized spacial score (nSPS) is 34.1. The minimum absolute atomic E-state index is 0.603. The lowest BCUT2D eigenvalue weighted by Crippen LogP contribution is -2.45. The van der Waals surface area contributed by atoms with E-state index < -0.39 is 0 Å². The predicted octanol–water partition coefficient (Wildman–Crippen LogP) is 0.708. The minimum Gasteiger partial charge on any atom is -0.383 e. The fraction of sp³-hybridized carbons (Fsp3) is 1.00. The summed E-state index contributed by atoms with van der Waals surface area (Å²) < 4.78 is 5.14. The highest BCUT2D eigenvalue weighted by molar-refractivity contribution is 4.93. The highest BCUT2D eigenvalue weighted by Gasteiger charge is 2.37. The van der Waals surface area contributed by atoms with Gasteiger partial charge in [-0.15, -0.1) is 0 Å². The maximum Gasteiger partial charge on any atom is 0.0589 e. The van der Waals surface area contributed by atoms with Gasteiger partial charge in [0.2, 0.25) is 0 Å². The van der Waals surface area contributed by atoms with E-state index in [1.807, 2.05) is 0 Å². The molecule has 14 heavy (non-hydrogen) atoms. The summed E-state index contributed by atoms with van der Waals surface area (Å²) >= 11 is 0. The van der Waals surface area contributed by atoms with Gasteiger partial charge >= 0.3 is 0 Å². The van der Waals surface area contributed by atoms with Crippen LogP contribution in [0.1, 0.15) is 19.3 Å². The minimum atomic E-state index is 0.603. The zero-order chi connectivity index (χ0) is 9.86. The molecule has 0 bridgehead atoms. The molecule has 2 fully saturated rings. The number of nitrogens with zero attached hydrogens (tertiary/aromatic N) is 1. The van der Waals surface area contributed by atoms with Crippen LogP contribution < -0.4 is 5.32 Å². The Kier molecular flexibility index (Phi) is 3.42. The Labute approximate surface area is 86.8 Å². The van der Waals surface area contributed by atoms with Crippen LogP contribution in [0.15, 0.2) is 0 Å². The number of rotatable bonds is 3. The molecule has 0 amide bonds. The molecule has 82 valence electrons. The molecule has 0 unspecified atom stereocenters. The van der Waals surface area contributed by atoms with Crippen molar-refractivity contribution in [2.75, 3.05) is 46.4 Å². The first-order chi connectivity index (χ1) is 6.85. The fourth-order valence-electron chi connectivity index (χ4n) is 2.87. The van der Waals surface area contributed by atoms with E-state index in [9.17, 15) is 0 Å². The maximum atomic E-state index is 5.14. The number of likely N-dealkylation sites (tertiary alicyclic amines) is 1. The lowest BCUT2D eigenvalue weighted by atomic mass is 9.79. The topological polar surface area (TPSA) is 24.5 Å². The van der Waals surface area contributed by atoms with Gasteiger partial charge in [-0.2, -0.15) is 0 Å². The Morgan fingerprint density at radius 1 is 1.43 bits per heavy atom. The molecule has 1 spiro atoms. The number of ether oxygens (including phenoxy) is 1. The van der Waals surface area contributed by atoms with Crippen LogP contribution in [0.4, 0.5) is 0 Å². The van der Waals surface area contributed by atoms with Gasteiger partial charge < -0.3 is 15.0 Å². The van der Waals surface area contributed by atoms with E-state index in [0.717, 1.165) is 13.2 Å². The lowest BCUT2D eigenvalue weighted by molar-refractivity contribution is 0.0747. The zero-order valence-corrected chi connectivity index (χ0v) is 9.22. The Bertz CT molecular complexity index is 178. The van der Waals surface area contributed by atoms with E-state index in [0.29, 0.717) is 5.41 Å². The van der Waals surface area contributed by atoms with Crippen molar-refractivity contribution in [1.82, 2.24) is 10.2 Å². The summed E-state index contributed by atoms with van der Waals surface area (Å²) in [5.74, 6) is 0. The third-order valence-electron chi connectivity index (χ3n) is 3.68. The van der Waals surface area contributed by atoms with Crippen molar-refractivity contribution in [2.24, 2.45) is 5.41 Å². The standard InChI is InChI=1S/C11H22N2O/c1-14-8-7-13-6-2-3-11(10-13)4-5-12-9-11/h12H,2-10H2,1H3/t11-/m1/s1. The predicted molar refractivity (Wildman–Crippen MR) is 57.5 cm³/mol. The van der Waals surface area contributed by atoms with E-state index in [-0.39, 0.29) is 0 Å². The van der Waals surface area contributed by atoms with Crippen LogP contribution in [-0.2, 0) is 4.74 Å². The van der Waals surface area contributed by atoms with Crippen molar-refractivity contribution < 1.29 is 4.74 Å². The van der Waals surface area contributed by atoms with Crippen LogP contribution in [-0.4, -0.2) is 51.3 Å². The van der Waals surface area contributed by atoms with Crippen LogP contribution in [0.2, 0.25) is 0 Å². The molecule has 2 saturated heterocycles. The Balaban J connectivity index is 1.83. The number of piperidine rings is 1. The van der Waals surface area contributed by atoms with Crippen molar-refractivity contribution in [3.8, 4) is 0 Å². The molecule has 2 heterocycles. The van der Waals surface area contributed by atoms with Gasteiger partial charge in [0.05, 0.1) is 6.61 Å². The summed E-state index contributed by atoms with van der Waals surface area (Å²) in [5.41, 5.74) is 0.603. The molecule has 2 aliphatic rings. The van der Waals surface area contributed by atoms with E-state index in [1.54, 1.807) is 7.11 Å². The molecule has 0 radical (unpaired) electrons. The zero-order valence-electron chi connectivity index (χ0n) is 9.22. The van der Waals surface area contributed by atoms with Gasteiger partial charge in [-0.1, -0.05) is 0 Å². The van der Waals surface area contributed by atoms with Crippen LogP contribution in [0.25, 0.3) is 0 Å². The second kappa shape index (κ2) is 4.60. The Hall–Kier alpha value is -0.120. The molecule has 1 atom stereocenters. The number of hydrogen-bond donors (Lipinski definition) is 1. The summed E-state index contributed by atoms with van der Waals surface area (Å²) in [6.45, 7) is 6.99. The Morgan fingerprint density at radius 2 is 2.36 bits per heavy atom. The number of methoxy groups -OCH3 is 1. The molecule has 0 aromatic rings. The summed E-state index contributed by atoms with van der Waals surface area (Å²) in [4.78, 5) is 2.57. The molecule has 0 aromatic carbocycles. The second-order valence-electron chi connectivity index (χ2n) is 4.80. The van der Waals surface area contributed by atoms with Gasteiger partial charge in [0.1, 0.15) is 0 Å². The molecule has 0 saturated carbocycles. The van der Waals surface area contributed by atoms with E-state index >= 15 is 0 Å². The average molecular weight is 198 g/mol. The van der Waals surface area contributed by atoms with Crippen LogP contribution in [0.3, 0.4) is 0 Å². The summed E-state index contributed by atoms with van der Waals surface area (Å²) in [7, 11) is 1.79. The molecule has 3 nitrogen and oxygen atoms in total. The van der Waals surface area contributed by atoms with E-state index in [4.69, 9.17) is 4.74 Å². The quantitative estimate of drug-likeness (QED) is 0.723. The van der Waals surface area contributed by atoms with Gasteiger partial charge in [0, 0.05) is 26.7 Å². The first kappa shape index (κ1) is 10.4. The van der Waals surface area contributed by atoms with Crippen molar-refractivity contribution >= 4 is 0 Å². The first-order valence-electron chi connectivity index (χ1n) is 5.77. The number of hydrogen-bond acceptors (Lipinski definition) is 3. The van der Waals surface area contributed by atoms with Crippen LogP contribution in [0.5, 0.6) is 0 Å². The van der Waals surface area contributed by atoms with Crippen molar-refractivity contribution in [2.45, 2.75) is 19.3 Å². The summed E-state index contributed by atoms with van der Waals surface area (Å²) in [6.07, 6.45) is 4.16. The van der Waals surface area contributed by atoms with Crippen LogP contribution in [0, 0.1) is 5.41 Å². The summed E-state index contributed by atoms with van der Waals surface area (Å²) in [6, 6.07) is 0. The van der Waals surface area contributed by atoms with E-state index in [1.165, 1.54) is 45.4 Å². The highest BCUT2D eigenvalue weighted by atomic mass is 16.5. The average Bonchev–Trinajstić information content (AvgIpc) is 2.63. The van der Waals surface area contributed by atoms with Gasteiger partial charge in [0.15, 0.2) is 0 Å². The molecule has 0 aromatic heterocycles. The lowest BCUT2D eigenvalue weighted by Gasteiger charge is -2.39. The van der Waals surface area contributed by atoms with Crippen molar-refractivity contribution in [3.63, 3.8) is 0 Å². The third-order valence-corrected chi connectivity index (χ3v) is 3.68. The molecule has 2 aliphatic heterocycles. The summed E-state index contributed by atoms with van der Waals surface area (Å²) in [5, 5.41) is 3.50. The number of nitrogens with one attached hydrogen (secondary N) is 1. The second-order valence-corrected chi connectivity index (χ2v) is 4.80. The molecule has 0 aliphatic carbocycles. The van der Waals surface area contributed by atoms with Crippen molar-refractivity contribution in [3.05, 3.63) is 0 Å². The third kappa shape index (κ3) is 2.27. The maximum absolute atomic E-state index is 5.14. The Morgan fingerprint density at radius 3 is 3.07 bits per heavy atom. The van der Waals surface area contributed by atoms with Gasteiger partial charge in [0.25, 0.3) is 0 Å². The van der Waals surface area contributed by atoms with Crippen LogP contribution >= 0.6 is 0 Å². The largest absolute Gasteiger partial charge is 0.383 e. The van der Waals surface area contributed by atoms with E-state index in [2.05, 4.69) is 10.2 Å². The molecule has 1 N–H and O–H groups in total. The molecule has 3 heteroatoms. The molecular formula is C11H22N2O. The van der Waals surface area contributed by atoms with Gasteiger partial charge in [-0.05, 0) is 37.8 Å². The van der Waals surface area contributed by atoms with Gasteiger partial charge in [-0.25, -0.2) is 0 Å². The smallest absolute Gasteiger partial charge is 0.0589 e. The van der Waals surface area contributed by atoms with Crippen molar-refractivity contribution in [1.29, 1.82) is 0 Å². The molecule has 2 rings (SSSR count). The fourth-order valence-corrected chi connectivity index (χ4v) is 2.87. The highest BCUT2D eigenvalue weighted by Crippen LogP contribution is 2.35. The first-order valence-corrected chi connectivity index (χ1v) is 5.77. The monoisotopic (exact) mass is 198 g/mol. The SMILES string of the molecule is COCCN1CCC[C@]2(CCNC2)C1.